The molecule has 13 heavy (non-hydrogen) atoms. The summed E-state index contributed by atoms with van der Waals surface area (Å²) in [5, 5.41) is 12.5. The van der Waals surface area contributed by atoms with Crippen molar-refractivity contribution in [2.75, 3.05) is 0 Å². The molecule has 0 aliphatic rings. The molecule has 0 amide bonds. The van der Waals surface area contributed by atoms with Gasteiger partial charge in [0, 0.05) is 11.6 Å². The van der Waals surface area contributed by atoms with Gasteiger partial charge in [-0.2, -0.15) is 0 Å². The molecule has 0 atom stereocenters. The third kappa shape index (κ3) is 1.53. The predicted molar refractivity (Wildman–Crippen MR) is 45.5 cm³/mol. The van der Waals surface area contributed by atoms with Crippen LogP contribution in [0, 0.1) is 12.1 Å². The van der Waals surface area contributed by atoms with Gasteiger partial charge in [-0.05, 0) is 18.2 Å². The maximum Gasteiger partial charge on any atom is 0.162 e. The van der Waals surface area contributed by atoms with E-state index in [9.17, 15) is 0 Å². The fourth-order valence-corrected chi connectivity index (χ4v) is 1.03. The number of aliphatic hydroxyl groups is 1. The monoisotopic (exact) mass is 173 g/mol. The first kappa shape index (κ1) is 7.84. The highest BCUT2D eigenvalue weighted by Crippen LogP contribution is 2.17. The summed E-state index contributed by atoms with van der Waals surface area (Å²) in [5.41, 5.74) is 1.61. The van der Waals surface area contributed by atoms with Crippen molar-refractivity contribution in [3.63, 3.8) is 0 Å². The topological polar surface area (TPSA) is 46.3 Å². The Kier molecular flexibility index (Phi) is 1.99. The third-order valence-corrected chi connectivity index (χ3v) is 1.67. The maximum absolute atomic E-state index is 8.75. The summed E-state index contributed by atoms with van der Waals surface area (Å²) in [6, 6.07) is 12.7. The average molecular weight is 173 g/mol. The Morgan fingerprint density at radius 1 is 1.46 bits per heavy atom. The van der Waals surface area contributed by atoms with Crippen molar-refractivity contribution in [1.29, 1.82) is 0 Å². The van der Waals surface area contributed by atoms with Gasteiger partial charge in [-0.15, -0.1) is 0 Å². The lowest BCUT2D eigenvalue weighted by atomic mass is 10.2. The highest BCUT2D eigenvalue weighted by atomic mass is 16.5. The number of aromatic nitrogens is 1. The fraction of sp³-hybridized carbons (Fsp3) is 0.100. The van der Waals surface area contributed by atoms with Gasteiger partial charge in [-0.25, -0.2) is 0 Å². The van der Waals surface area contributed by atoms with Crippen LogP contribution in [0.15, 0.2) is 28.8 Å². The minimum absolute atomic E-state index is 0.129. The molecule has 64 valence electrons. The van der Waals surface area contributed by atoms with Crippen LogP contribution in [0.3, 0.4) is 0 Å². The van der Waals surface area contributed by atoms with Crippen LogP contribution in [-0.2, 0) is 6.61 Å². The van der Waals surface area contributed by atoms with Gasteiger partial charge in [0.2, 0.25) is 0 Å². The molecule has 2 rings (SSSR count). The standard InChI is InChI=1S/C10H7NO2/c12-7-9-6-10(11-13-9)8-4-2-1-3-5-8/h2,4-6,12H,7H2. The second kappa shape index (κ2) is 3.30. The van der Waals surface area contributed by atoms with Gasteiger partial charge >= 0.3 is 0 Å². The Hall–Kier alpha value is -1.79. The molecule has 3 heteroatoms. The van der Waals surface area contributed by atoms with Crippen LogP contribution in [0.25, 0.3) is 11.3 Å². The Morgan fingerprint density at radius 3 is 3.00 bits per heavy atom. The van der Waals surface area contributed by atoms with Gasteiger partial charge in [-0.3, -0.25) is 0 Å². The van der Waals surface area contributed by atoms with E-state index in [1.54, 1.807) is 18.2 Å². The second-order valence-electron chi connectivity index (χ2n) is 2.56. The van der Waals surface area contributed by atoms with Gasteiger partial charge in [0.1, 0.15) is 12.3 Å². The zero-order valence-electron chi connectivity index (χ0n) is 6.82. The highest BCUT2D eigenvalue weighted by Gasteiger charge is 2.03. The number of hydrogen-bond acceptors (Lipinski definition) is 3. The minimum Gasteiger partial charge on any atom is -0.388 e. The third-order valence-electron chi connectivity index (χ3n) is 1.67. The number of aliphatic hydroxyl groups excluding tert-OH is 1. The lowest BCUT2D eigenvalue weighted by molar-refractivity contribution is 0.229. The number of nitrogens with zero attached hydrogens (tertiary/aromatic N) is 1. The SMILES string of the molecule is OCc1cc(-c2cc#ccc2)no1. The minimum atomic E-state index is -0.129. The van der Waals surface area contributed by atoms with E-state index in [0.717, 1.165) is 5.56 Å². The molecule has 1 N–H and O–H groups in total. The largest absolute Gasteiger partial charge is 0.388 e. The smallest absolute Gasteiger partial charge is 0.162 e. The summed E-state index contributed by atoms with van der Waals surface area (Å²) >= 11 is 0. The van der Waals surface area contributed by atoms with Crippen molar-refractivity contribution in [3.05, 3.63) is 42.2 Å². The Bertz CT molecular complexity index is 381. The summed E-state index contributed by atoms with van der Waals surface area (Å²) in [5.74, 6) is 0.461. The normalized spacial score (nSPS) is 9.62. The van der Waals surface area contributed by atoms with E-state index >= 15 is 0 Å². The molecule has 0 saturated heterocycles. The molecule has 0 fully saturated rings. The summed E-state index contributed by atoms with van der Waals surface area (Å²) in [7, 11) is 0. The van der Waals surface area contributed by atoms with Crippen LogP contribution in [0.2, 0.25) is 0 Å². The van der Waals surface area contributed by atoms with Gasteiger partial charge in [0.25, 0.3) is 0 Å². The van der Waals surface area contributed by atoms with E-state index in [4.69, 9.17) is 9.63 Å². The van der Waals surface area contributed by atoms with Crippen molar-refractivity contribution in [2.45, 2.75) is 6.61 Å². The molecule has 1 aromatic heterocycles. The van der Waals surface area contributed by atoms with Crippen LogP contribution in [0.4, 0.5) is 0 Å². The van der Waals surface area contributed by atoms with E-state index in [-0.39, 0.29) is 6.61 Å². The molecular weight excluding hydrogens is 166 g/mol. The first-order chi connectivity index (χ1) is 6.40. The molecule has 1 heterocycles. The van der Waals surface area contributed by atoms with E-state index in [0.29, 0.717) is 11.5 Å². The van der Waals surface area contributed by atoms with Gasteiger partial charge in [0.05, 0.1) is 0 Å². The van der Waals surface area contributed by atoms with Gasteiger partial charge in [0.15, 0.2) is 5.76 Å². The Labute approximate surface area is 75.6 Å². The van der Waals surface area contributed by atoms with Crippen LogP contribution >= 0.6 is 0 Å². The maximum atomic E-state index is 8.75. The van der Waals surface area contributed by atoms with Crippen molar-refractivity contribution in [2.24, 2.45) is 0 Å². The molecule has 1 aromatic carbocycles. The van der Waals surface area contributed by atoms with Crippen LogP contribution in [-0.4, -0.2) is 10.3 Å². The quantitative estimate of drug-likeness (QED) is 0.747. The Balaban J connectivity index is 2.36. The second-order valence-corrected chi connectivity index (χ2v) is 2.56. The van der Waals surface area contributed by atoms with Gasteiger partial charge < -0.3 is 9.63 Å². The first-order valence-corrected chi connectivity index (χ1v) is 3.85. The zero-order chi connectivity index (χ0) is 9.10. The highest BCUT2D eigenvalue weighted by molar-refractivity contribution is 5.57. The first-order valence-electron chi connectivity index (χ1n) is 3.85. The lowest BCUT2D eigenvalue weighted by Crippen LogP contribution is -1.74. The van der Waals surface area contributed by atoms with Crippen LogP contribution in [0.1, 0.15) is 5.76 Å². The van der Waals surface area contributed by atoms with Crippen molar-refractivity contribution in [1.82, 2.24) is 5.16 Å². The van der Waals surface area contributed by atoms with E-state index < -0.39 is 0 Å². The molecule has 0 radical (unpaired) electrons. The number of hydrogen-bond donors (Lipinski definition) is 1. The molecular formula is C10H7NO2. The molecule has 0 spiro atoms. The molecule has 2 aromatic rings. The van der Waals surface area contributed by atoms with E-state index in [1.807, 2.05) is 6.07 Å². The lowest BCUT2D eigenvalue weighted by Gasteiger charge is -1.87. The summed E-state index contributed by atoms with van der Waals surface area (Å²) in [6.07, 6.45) is 0. The fourth-order valence-electron chi connectivity index (χ4n) is 1.03. The van der Waals surface area contributed by atoms with Gasteiger partial charge in [-0.1, -0.05) is 17.3 Å². The molecule has 0 aliphatic heterocycles. The Morgan fingerprint density at radius 2 is 2.38 bits per heavy atom. The molecule has 0 unspecified atom stereocenters. The molecule has 0 bridgehead atoms. The summed E-state index contributed by atoms with van der Waals surface area (Å²) in [4.78, 5) is 0. The van der Waals surface area contributed by atoms with E-state index in [1.165, 1.54) is 0 Å². The van der Waals surface area contributed by atoms with Crippen molar-refractivity contribution >= 4 is 0 Å². The zero-order valence-corrected chi connectivity index (χ0v) is 6.82. The molecule has 3 nitrogen and oxygen atoms in total. The van der Waals surface area contributed by atoms with Crippen LogP contribution in [0.5, 0.6) is 0 Å². The predicted octanol–water partition coefficient (Wildman–Crippen LogP) is 1.43. The molecule has 0 saturated carbocycles. The van der Waals surface area contributed by atoms with Crippen LogP contribution < -0.4 is 0 Å². The average Bonchev–Trinajstić information content (AvgIpc) is 2.67. The van der Waals surface area contributed by atoms with Crippen molar-refractivity contribution in [3.8, 4) is 11.3 Å². The number of rotatable bonds is 2. The molecule has 0 aliphatic carbocycles. The van der Waals surface area contributed by atoms with E-state index in [2.05, 4.69) is 17.3 Å². The summed E-state index contributed by atoms with van der Waals surface area (Å²) in [6.45, 7) is -0.129. The summed E-state index contributed by atoms with van der Waals surface area (Å²) < 4.78 is 4.84. The van der Waals surface area contributed by atoms with Crippen molar-refractivity contribution < 1.29 is 9.63 Å².